The molecule has 0 bridgehead atoms. The van der Waals surface area contributed by atoms with E-state index in [-0.39, 0.29) is 6.10 Å². The van der Waals surface area contributed by atoms with E-state index in [0.29, 0.717) is 27.7 Å². The molecule has 1 aromatic carbocycles. The van der Waals surface area contributed by atoms with E-state index < -0.39 is 5.97 Å². The van der Waals surface area contributed by atoms with Gasteiger partial charge in [-0.15, -0.1) is 0 Å². The molecule has 0 saturated carbocycles. The fourth-order valence-corrected chi connectivity index (χ4v) is 3.56. The first-order valence-electron chi connectivity index (χ1n) is 7.80. The second-order valence-corrected chi connectivity index (χ2v) is 7.01. The van der Waals surface area contributed by atoms with Crippen LogP contribution < -0.4 is 0 Å². The normalized spacial score (nSPS) is 24.0. The maximum Gasteiger partial charge on any atom is 0.339 e. The highest BCUT2D eigenvalue weighted by atomic mass is 35.5. The molecule has 0 amide bonds. The Bertz CT molecular complexity index is 525. The van der Waals surface area contributed by atoms with Gasteiger partial charge in [-0.3, -0.25) is 4.90 Å². The maximum atomic E-state index is 12.2. The van der Waals surface area contributed by atoms with E-state index in [4.69, 9.17) is 27.9 Å². The van der Waals surface area contributed by atoms with Crippen LogP contribution in [0, 0.1) is 0 Å². The number of esters is 1. The molecular formula is C17H23Cl2NO2. The van der Waals surface area contributed by atoms with Gasteiger partial charge in [0.15, 0.2) is 0 Å². The Morgan fingerprint density at radius 1 is 1.32 bits per heavy atom. The van der Waals surface area contributed by atoms with Gasteiger partial charge >= 0.3 is 5.97 Å². The Labute approximate surface area is 142 Å². The van der Waals surface area contributed by atoms with E-state index in [2.05, 4.69) is 18.7 Å². The number of halogens is 2. The van der Waals surface area contributed by atoms with Gasteiger partial charge in [0.25, 0.3) is 0 Å². The predicted octanol–water partition coefficient (Wildman–Crippen LogP) is 4.80. The van der Waals surface area contributed by atoms with Crippen molar-refractivity contribution in [3.05, 3.63) is 33.8 Å². The summed E-state index contributed by atoms with van der Waals surface area (Å²) in [6, 6.07) is 5.86. The Morgan fingerprint density at radius 3 is 2.55 bits per heavy atom. The molecule has 1 aliphatic rings. The zero-order valence-electron chi connectivity index (χ0n) is 13.3. The lowest BCUT2D eigenvalue weighted by Crippen LogP contribution is -2.47. The number of ether oxygens (including phenoxy) is 1. The third kappa shape index (κ3) is 4.37. The maximum absolute atomic E-state index is 12.2. The summed E-state index contributed by atoms with van der Waals surface area (Å²) in [6.45, 7) is 7.15. The number of piperidine rings is 1. The smallest absolute Gasteiger partial charge is 0.339 e. The molecule has 122 valence electrons. The summed E-state index contributed by atoms with van der Waals surface area (Å²) in [5, 5.41) is 0.829. The topological polar surface area (TPSA) is 29.5 Å². The molecule has 22 heavy (non-hydrogen) atoms. The van der Waals surface area contributed by atoms with E-state index in [0.717, 1.165) is 6.54 Å². The summed E-state index contributed by atoms with van der Waals surface area (Å²) in [6.07, 6.45) is 3.50. The minimum Gasteiger partial charge on any atom is -0.458 e. The molecule has 1 aliphatic heterocycles. The quantitative estimate of drug-likeness (QED) is 0.735. The van der Waals surface area contributed by atoms with Crippen LogP contribution in [0.5, 0.6) is 0 Å². The zero-order chi connectivity index (χ0) is 16.3. The van der Waals surface area contributed by atoms with Crippen molar-refractivity contribution in [2.45, 2.75) is 58.2 Å². The van der Waals surface area contributed by atoms with Crippen molar-refractivity contribution in [3.8, 4) is 0 Å². The van der Waals surface area contributed by atoms with Crippen molar-refractivity contribution in [2.24, 2.45) is 0 Å². The predicted molar refractivity (Wildman–Crippen MR) is 90.8 cm³/mol. The number of carbonyl (C=O) groups is 1. The average Bonchev–Trinajstić information content (AvgIpc) is 2.42. The highest BCUT2D eigenvalue weighted by Crippen LogP contribution is 2.24. The Balaban J connectivity index is 1.96. The molecule has 1 heterocycles. The molecule has 0 aliphatic carbocycles. The van der Waals surface area contributed by atoms with Crippen molar-refractivity contribution >= 4 is 29.2 Å². The minimum atomic E-state index is -0.397. The van der Waals surface area contributed by atoms with E-state index >= 15 is 0 Å². The summed E-state index contributed by atoms with van der Waals surface area (Å²) in [7, 11) is 0. The number of hydrogen-bond donors (Lipinski definition) is 0. The molecule has 0 aromatic heterocycles. The summed E-state index contributed by atoms with van der Waals surface area (Å²) in [5.74, 6) is -0.397. The van der Waals surface area contributed by atoms with E-state index in [1.165, 1.54) is 19.3 Å². The number of hydrogen-bond acceptors (Lipinski definition) is 3. The van der Waals surface area contributed by atoms with Crippen LogP contribution in [-0.2, 0) is 4.74 Å². The number of benzene rings is 1. The first kappa shape index (κ1) is 17.6. The van der Waals surface area contributed by atoms with Gasteiger partial charge in [-0.1, -0.05) is 29.6 Å². The number of likely N-dealkylation sites (tertiary alicyclic amines) is 1. The molecule has 5 heteroatoms. The third-order valence-corrected chi connectivity index (χ3v) is 4.85. The van der Waals surface area contributed by atoms with Crippen LogP contribution in [0.2, 0.25) is 10.0 Å². The Hall–Kier alpha value is -0.770. The number of carbonyl (C=O) groups excluding carboxylic acids is 1. The van der Waals surface area contributed by atoms with Crippen LogP contribution in [-0.4, -0.2) is 35.6 Å². The molecule has 0 unspecified atom stereocenters. The summed E-state index contributed by atoms with van der Waals surface area (Å²) >= 11 is 11.9. The Kier molecular flexibility index (Phi) is 6.13. The van der Waals surface area contributed by atoms with Gasteiger partial charge in [-0.05, 0) is 51.8 Å². The highest BCUT2D eigenvalue weighted by molar-refractivity contribution is 6.36. The van der Waals surface area contributed by atoms with Gasteiger partial charge in [0.05, 0.1) is 10.6 Å². The standard InChI is InChI=1S/C17H23Cl2NO2/c1-11-5-4-6-12(2)20(11)10-13(3)22-17(21)15-8-7-14(18)9-16(15)19/h7-9,11-13H,4-6,10H2,1-3H3/t11-,12-,13-/m1/s1. The van der Waals surface area contributed by atoms with Crippen molar-refractivity contribution in [1.82, 2.24) is 4.90 Å². The first-order chi connectivity index (χ1) is 10.4. The number of rotatable bonds is 4. The second kappa shape index (κ2) is 7.67. The zero-order valence-corrected chi connectivity index (χ0v) is 14.8. The van der Waals surface area contributed by atoms with Crippen LogP contribution in [0.4, 0.5) is 0 Å². The number of nitrogens with zero attached hydrogens (tertiary/aromatic N) is 1. The molecule has 1 saturated heterocycles. The molecule has 1 aromatic rings. The monoisotopic (exact) mass is 343 g/mol. The van der Waals surface area contributed by atoms with Gasteiger partial charge in [-0.2, -0.15) is 0 Å². The van der Waals surface area contributed by atoms with Gasteiger partial charge < -0.3 is 4.74 Å². The van der Waals surface area contributed by atoms with E-state index in [1.54, 1.807) is 18.2 Å². The molecule has 3 atom stereocenters. The molecule has 1 fully saturated rings. The van der Waals surface area contributed by atoms with Crippen LogP contribution >= 0.6 is 23.2 Å². The van der Waals surface area contributed by atoms with Crippen molar-refractivity contribution in [3.63, 3.8) is 0 Å². The lowest BCUT2D eigenvalue weighted by molar-refractivity contribution is 0.00813. The van der Waals surface area contributed by atoms with E-state index in [9.17, 15) is 4.79 Å². The molecule has 0 spiro atoms. The second-order valence-electron chi connectivity index (χ2n) is 6.17. The molecular weight excluding hydrogens is 321 g/mol. The van der Waals surface area contributed by atoms with Crippen LogP contribution in [0.25, 0.3) is 0 Å². The van der Waals surface area contributed by atoms with Crippen LogP contribution in [0.1, 0.15) is 50.4 Å². The van der Waals surface area contributed by atoms with Gasteiger partial charge in [0, 0.05) is 23.7 Å². The van der Waals surface area contributed by atoms with Gasteiger partial charge in [-0.25, -0.2) is 4.79 Å². The molecule has 2 rings (SSSR count). The summed E-state index contributed by atoms with van der Waals surface area (Å²) < 4.78 is 5.55. The Morgan fingerprint density at radius 2 is 1.95 bits per heavy atom. The van der Waals surface area contributed by atoms with Crippen LogP contribution in [0.3, 0.4) is 0 Å². The van der Waals surface area contributed by atoms with Crippen molar-refractivity contribution in [1.29, 1.82) is 0 Å². The van der Waals surface area contributed by atoms with E-state index in [1.807, 2.05) is 6.92 Å². The average molecular weight is 344 g/mol. The fourth-order valence-electron chi connectivity index (χ4n) is 3.07. The third-order valence-electron chi connectivity index (χ3n) is 4.30. The summed E-state index contributed by atoms with van der Waals surface area (Å²) in [4.78, 5) is 14.6. The lowest BCUT2D eigenvalue weighted by Gasteiger charge is -2.40. The first-order valence-corrected chi connectivity index (χ1v) is 8.56. The fraction of sp³-hybridized carbons (Fsp3) is 0.588. The lowest BCUT2D eigenvalue weighted by atomic mass is 9.97. The van der Waals surface area contributed by atoms with Gasteiger partial charge in [0.1, 0.15) is 6.10 Å². The van der Waals surface area contributed by atoms with Crippen molar-refractivity contribution in [2.75, 3.05) is 6.54 Å². The summed E-state index contributed by atoms with van der Waals surface area (Å²) in [5.41, 5.74) is 0.359. The van der Waals surface area contributed by atoms with Gasteiger partial charge in [0.2, 0.25) is 0 Å². The molecule has 0 radical (unpaired) electrons. The van der Waals surface area contributed by atoms with Crippen molar-refractivity contribution < 1.29 is 9.53 Å². The largest absolute Gasteiger partial charge is 0.458 e. The minimum absolute atomic E-state index is 0.178. The molecule has 0 N–H and O–H groups in total. The molecule has 3 nitrogen and oxygen atoms in total. The SMILES string of the molecule is C[C@H](CN1[C@H](C)CCC[C@H]1C)OC(=O)c1ccc(Cl)cc1Cl. The highest BCUT2D eigenvalue weighted by Gasteiger charge is 2.27. The van der Waals surface area contributed by atoms with Crippen LogP contribution in [0.15, 0.2) is 18.2 Å².